The van der Waals surface area contributed by atoms with Crippen molar-refractivity contribution in [3.8, 4) is 5.75 Å². The summed E-state index contributed by atoms with van der Waals surface area (Å²) in [7, 11) is -10.0. The van der Waals surface area contributed by atoms with Crippen LogP contribution in [0.3, 0.4) is 0 Å². The van der Waals surface area contributed by atoms with Gasteiger partial charge >= 0.3 is 59.1 Å². The van der Waals surface area contributed by atoms with Crippen molar-refractivity contribution in [2.75, 3.05) is 5.73 Å². The van der Waals surface area contributed by atoms with Crippen LogP contribution in [0.15, 0.2) is 62.5 Å². The Balaban J connectivity index is 0.00000272. The smallest absolute Gasteiger partial charge is 0.744 e. The van der Waals surface area contributed by atoms with Gasteiger partial charge in [-0.2, -0.15) is 0 Å². The van der Waals surface area contributed by atoms with Crippen molar-refractivity contribution in [1.82, 2.24) is 0 Å². The Morgan fingerprint density at radius 2 is 1.55 bits per heavy atom. The van der Waals surface area contributed by atoms with Gasteiger partial charge in [-0.15, -0.1) is 10.2 Å². The van der Waals surface area contributed by atoms with Gasteiger partial charge in [-0.25, -0.2) is 16.8 Å². The number of rotatable bonds is 5. The molecule has 0 aliphatic rings. The monoisotopic (exact) mass is 512 g/mol. The van der Waals surface area contributed by atoms with Crippen LogP contribution in [0, 0.1) is 10.1 Å². The maximum absolute atomic E-state index is 11.5. The van der Waals surface area contributed by atoms with Crippen molar-refractivity contribution in [2.45, 2.75) is 9.79 Å². The molecule has 0 fully saturated rings. The third-order valence-corrected chi connectivity index (χ3v) is 5.72. The zero-order valence-electron chi connectivity index (χ0n) is 17.0. The summed E-state index contributed by atoms with van der Waals surface area (Å²) in [6.07, 6.45) is 0. The summed E-state index contributed by atoms with van der Waals surface area (Å²) in [6, 6.07) is 6.52. The van der Waals surface area contributed by atoms with Crippen molar-refractivity contribution in [1.29, 1.82) is 0 Å². The fraction of sp³-hybridized carbons (Fsp3) is 0. The van der Waals surface area contributed by atoms with Crippen molar-refractivity contribution in [3.63, 3.8) is 0 Å². The number of anilines is 1. The number of phenols is 1. The first kappa shape index (κ1) is 29.4. The Bertz CT molecular complexity index is 1490. The summed E-state index contributed by atoms with van der Waals surface area (Å²) < 4.78 is 68.1. The number of phenolic OH excluding ortho intramolecular Hbond substituents is 1. The van der Waals surface area contributed by atoms with Gasteiger partial charge < -0.3 is 19.9 Å². The summed E-state index contributed by atoms with van der Waals surface area (Å²) in [5, 5.41) is 28.4. The molecule has 0 unspecified atom stereocenters. The van der Waals surface area contributed by atoms with E-state index in [2.05, 4.69) is 10.2 Å². The molecule has 17 heteroatoms. The minimum Gasteiger partial charge on any atom is -0.744 e. The number of nitro groups is 1. The van der Waals surface area contributed by atoms with Gasteiger partial charge in [0.05, 0.1) is 25.8 Å². The van der Waals surface area contributed by atoms with Crippen molar-refractivity contribution in [3.05, 3.63) is 52.6 Å². The second-order valence-electron chi connectivity index (χ2n) is 6.06. The molecule has 33 heavy (non-hydrogen) atoms. The maximum Gasteiger partial charge on any atom is 1.00 e. The van der Waals surface area contributed by atoms with E-state index >= 15 is 0 Å². The Hall–Kier alpha value is -1.66. The van der Waals surface area contributed by atoms with E-state index in [0.717, 1.165) is 18.2 Å². The number of nitrogens with zero attached hydrogens (tertiary/aromatic N) is 3. The van der Waals surface area contributed by atoms with E-state index in [-0.39, 0.29) is 81.3 Å². The summed E-state index contributed by atoms with van der Waals surface area (Å²) in [5.41, 5.74) is 4.32. The molecule has 0 saturated carbocycles. The number of aromatic hydroxyl groups is 1. The predicted octanol–water partition coefficient (Wildman–Crippen LogP) is -3.73. The number of hydrogen-bond acceptors (Lipinski definition) is 12. The van der Waals surface area contributed by atoms with E-state index in [9.17, 15) is 41.2 Å². The number of nitro benzene ring substituents is 1. The van der Waals surface area contributed by atoms with Crippen LogP contribution >= 0.6 is 0 Å². The second-order valence-corrected chi connectivity index (χ2v) is 8.79. The molecule has 0 bridgehead atoms. The summed E-state index contributed by atoms with van der Waals surface area (Å²) in [6.45, 7) is 0. The molecule has 0 atom stereocenters. The standard InChI is InChI=1S/C16H12N4O9S2.2Na/c17-11-3-1-8-5-10(30(24,25)26)7-13(21)15(8)16(11)19-18-12-4-2-9(20(22)23)6-14(12)31(27,28)29;;/h1-7,21H,17H2,(H,24,25,26)(H,27,28,29);;/q;2*+1/p-2. The number of benzene rings is 3. The number of nitrogens with two attached hydrogens (primary N) is 1. The molecule has 13 nitrogen and oxygen atoms in total. The molecule has 3 N–H and O–H groups in total. The number of fused-ring (bicyclic) bond motifs is 1. The van der Waals surface area contributed by atoms with Gasteiger partial charge in [-0.1, -0.05) is 6.07 Å². The zero-order chi connectivity index (χ0) is 23.1. The van der Waals surface area contributed by atoms with Crippen LogP contribution in [-0.2, 0) is 20.2 Å². The molecule has 162 valence electrons. The quantitative estimate of drug-likeness (QED) is 0.0847. The molecule has 3 aromatic carbocycles. The van der Waals surface area contributed by atoms with E-state index in [1.165, 1.54) is 12.1 Å². The molecule has 3 aromatic rings. The van der Waals surface area contributed by atoms with Gasteiger partial charge in [0.15, 0.2) is 0 Å². The van der Waals surface area contributed by atoms with Gasteiger partial charge in [-0.05, 0) is 29.7 Å². The first-order valence-electron chi connectivity index (χ1n) is 7.96. The number of azo groups is 1. The maximum atomic E-state index is 11.5. The van der Waals surface area contributed by atoms with E-state index in [1.807, 2.05) is 0 Å². The molecule has 0 saturated heterocycles. The normalized spacial score (nSPS) is 11.7. The molecule has 0 amide bonds. The van der Waals surface area contributed by atoms with E-state index in [4.69, 9.17) is 5.73 Å². The van der Waals surface area contributed by atoms with Crippen LogP contribution in [0.2, 0.25) is 0 Å². The third kappa shape index (κ3) is 6.48. The average Bonchev–Trinajstić information content (AvgIpc) is 2.65. The van der Waals surface area contributed by atoms with Gasteiger partial charge in [-0.3, -0.25) is 10.1 Å². The molecule has 3 rings (SSSR count). The zero-order valence-corrected chi connectivity index (χ0v) is 22.6. The summed E-state index contributed by atoms with van der Waals surface area (Å²) >= 11 is 0. The van der Waals surface area contributed by atoms with Crippen LogP contribution in [0.25, 0.3) is 10.8 Å². The van der Waals surface area contributed by atoms with Crippen LogP contribution < -0.4 is 64.8 Å². The first-order valence-corrected chi connectivity index (χ1v) is 10.8. The second kappa shape index (κ2) is 10.7. The van der Waals surface area contributed by atoms with Gasteiger partial charge in [0.2, 0.25) is 0 Å². The molecule has 0 spiro atoms. The Labute approximate surface area is 230 Å². The van der Waals surface area contributed by atoms with Crippen LogP contribution in [-0.4, -0.2) is 36.0 Å². The minimum atomic E-state index is -5.17. The number of nitrogen functional groups attached to an aromatic ring is 1. The summed E-state index contributed by atoms with van der Waals surface area (Å²) in [4.78, 5) is 8.22. The van der Waals surface area contributed by atoms with E-state index in [1.54, 1.807) is 0 Å². The Morgan fingerprint density at radius 1 is 0.909 bits per heavy atom. The predicted molar refractivity (Wildman–Crippen MR) is 103 cm³/mol. The molecule has 0 aromatic heterocycles. The molecule has 0 radical (unpaired) electrons. The van der Waals surface area contributed by atoms with Gasteiger partial charge in [0.25, 0.3) is 5.69 Å². The number of non-ortho nitro benzene ring substituents is 1. The fourth-order valence-corrected chi connectivity index (χ4v) is 3.83. The van der Waals surface area contributed by atoms with Crippen molar-refractivity contribution < 1.29 is 95.1 Å². The average molecular weight is 512 g/mol. The molecule has 0 aliphatic heterocycles. The molecule has 0 heterocycles. The van der Waals surface area contributed by atoms with Crippen LogP contribution in [0.4, 0.5) is 22.7 Å². The van der Waals surface area contributed by atoms with E-state index < -0.39 is 52.1 Å². The van der Waals surface area contributed by atoms with Gasteiger partial charge in [0, 0.05) is 12.1 Å². The first-order chi connectivity index (χ1) is 14.3. The minimum absolute atomic E-state index is 0. The van der Waals surface area contributed by atoms with Crippen molar-refractivity contribution in [2.24, 2.45) is 10.2 Å². The van der Waals surface area contributed by atoms with Crippen molar-refractivity contribution >= 4 is 53.8 Å². The Morgan fingerprint density at radius 3 is 2.09 bits per heavy atom. The molecular formula is C16H10N4Na2O9S2. The fourth-order valence-electron chi connectivity index (χ4n) is 2.67. The Kier molecular flexibility index (Phi) is 9.55. The largest absolute Gasteiger partial charge is 1.00 e. The van der Waals surface area contributed by atoms with E-state index in [0.29, 0.717) is 12.1 Å². The SMILES string of the molecule is Nc1ccc2cc(S(=O)(=O)[O-])cc(O)c2c1N=Nc1ccc([N+](=O)[O-])cc1S(=O)(=O)[O-].[Na+].[Na+]. The van der Waals surface area contributed by atoms with Gasteiger partial charge in [0.1, 0.15) is 37.4 Å². The molecule has 0 aliphatic carbocycles. The topological polar surface area (TPSA) is 229 Å². The van der Waals surface area contributed by atoms with Crippen LogP contribution in [0.1, 0.15) is 0 Å². The summed E-state index contributed by atoms with van der Waals surface area (Å²) in [5.74, 6) is -0.673. The third-order valence-electron chi connectivity index (χ3n) is 4.04. The number of hydrogen-bond donors (Lipinski definition) is 2. The van der Waals surface area contributed by atoms with Crippen LogP contribution in [0.5, 0.6) is 5.75 Å². The molecular weight excluding hydrogens is 502 g/mol.